The molecule has 150 valence electrons. The number of hydrogen-bond donors (Lipinski definition) is 1. The Labute approximate surface area is 166 Å². The molecule has 0 aromatic rings. The largest absolute Gasteiger partial charge is 0.355 e. The topological polar surface area (TPSA) is 29.1 Å². The summed E-state index contributed by atoms with van der Waals surface area (Å²) < 4.78 is 0. The molecule has 3 heteroatoms. The van der Waals surface area contributed by atoms with Crippen LogP contribution >= 0.6 is 15.9 Å². The van der Waals surface area contributed by atoms with Crippen LogP contribution in [0.4, 0.5) is 0 Å². The van der Waals surface area contributed by atoms with Crippen molar-refractivity contribution in [2.45, 2.75) is 122 Å². The molecule has 1 N–H and O–H groups in total. The number of carbonyl (C=O) groups excluding carboxylic acids is 1. The van der Waals surface area contributed by atoms with Gasteiger partial charge in [0.1, 0.15) is 0 Å². The zero-order chi connectivity index (χ0) is 18.4. The second kappa shape index (κ2) is 22.0. The van der Waals surface area contributed by atoms with Crippen LogP contribution in [0.2, 0.25) is 0 Å². The van der Waals surface area contributed by atoms with E-state index in [0.717, 1.165) is 13.0 Å². The van der Waals surface area contributed by atoms with Gasteiger partial charge in [0, 0.05) is 6.54 Å². The molecule has 2 nitrogen and oxygen atoms in total. The van der Waals surface area contributed by atoms with Crippen LogP contribution in [0, 0.1) is 0 Å². The highest BCUT2D eigenvalue weighted by Gasteiger charge is 1.97. The third kappa shape index (κ3) is 21.9. The minimum atomic E-state index is 0.104. The molecule has 0 aromatic carbocycles. The number of alkyl halides is 1. The maximum absolute atomic E-state index is 11.0. The van der Waals surface area contributed by atoms with Crippen LogP contribution < -0.4 is 5.32 Å². The summed E-state index contributed by atoms with van der Waals surface area (Å²) in [4.78, 5) is 11.0. The third-order valence-corrected chi connectivity index (χ3v) is 5.48. The van der Waals surface area contributed by atoms with E-state index in [1.165, 1.54) is 109 Å². The van der Waals surface area contributed by atoms with Crippen LogP contribution in [0.1, 0.15) is 122 Å². The summed E-state index contributed by atoms with van der Waals surface area (Å²) in [6.07, 6.45) is 25.2. The van der Waals surface area contributed by atoms with E-state index in [0.29, 0.717) is 5.33 Å². The van der Waals surface area contributed by atoms with Crippen LogP contribution in [-0.4, -0.2) is 17.8 Å². The lowest BCUT2D eigenvalue weighted by molar-refractivity contribution is -0.118. The first-order valence-corrected chi connectivity index (χ1v) is 12.3. The quantitative estimate of drug-likeness (QED) is 0.161. The molecule has 0 saturated heterocycles. The first-order valence-electron chi connectivity index (χ1n) is 11.1. The molecule has 25 heavy (non-hydrogen) atoms. The maximum Gasteiger partial charge on any atom is 0.230 e. The fourth-order valence-corrected chi connectivity index (χ4v) is 3.50. The van der Waals surface area contributed by atoms with Crippen molar-refractivity contribution >= 4 is 21.8 Å². The average molecular weight is 419 g/mol. The number of halogens is 1. The molecule has 0 fully saturated rings. The van der Waals surface area contributed by atoms with Crippen LogP contribution in [0.25, 0.3) is 0 Å². The first-order chi connectivity index (χ1) is 12.3. The van der Waals surface area contributed by atoms with E-state index in [1.54, 1.807) is 0 Å². The minimum Gasteiger partial charge on any atom is -0.355 e. The summed E-state index contributed by atoms with van der Waals surface area (Å²) in [6, 6.07) is 0. The fourth-order valence-electron chi connectivity index (χ4n) is 3.30. The summed E-state index contributed by atoms with van der Waals surface area (Å²) in [7, 11) is 0. The van der Waals surface area contributed by atoms with Crippen molar-refractivity contribution in [2.24, 2.45) is 0 Å². The van der Waals surface area contributed by atoms with Gasteiger partial charge < -0.3 is 5.32 Å². The van der Waals surface area contributed by atoms with Gasteiger partial charge in [0.25, 0.3) is 0 Å². The van der Waals surface area contributed by atoms with Gasteiger partial charge in [-0.25, -0.2) is 0 Å². The Balaban J connectivity index is 2.99. The first kappa shape index (κ1) is 24.9. The van der Waals surface area contributed by atoms with Gasteiger partial charge in [-0.2, -0.15) is 0 Å². The molecule has 0 spiro atoms. The number of unbranched alkanes of at least 4 members (excludes halogenated alkanes) is 17. The predicted octanol–water partition coefficient (Wildman–Crippen LogP) is 7.54. The van der Waals surface area contributed by atoms with Gasteiger partial charge in [0.2, 0.25) is 5.91 Å². The monoisotopic (exact) mass is 417 g/mol. The second-order valence-corrected chi connectivity index (χ2v) is 8.05. The molecule has 0 bridgehead atoms. The molecule has 0 aliphatic rings. The normalized spacial score (nSPS) is 11.0. The van der Waals surface area contributed by atoms with Gasteiger partial charge in [-0.3, -0.25) is 4.79 Å². The summed E-state index contributed by atoms with van der Waals surface area (Å²) in [5, 5.41) is 3.32. The van der Waals surface area contributed by atoms with Crippen LogP contribution in [-0.2, 0) is 4.79 Å². The number of carbonyl (C=O) groups is 1. The average Bonchev–Trinajstić information content (AvgIpc) is 2.63. The lowest BCUT2D eigenvalue weighted by Crippen LogP contribution is -2.25. The summed E-state index contributed by atoms with van der Waals surface area (Å²) in [5.74, 6) is 0.104. The molecule has 0 rings (SSSR count). The fraction of sp³-hybridized carbons (Fsp3) is 0.955. The van der Waals surface area contributed by atoms with Gasteiger partial charge in [-0.05, 0) is 6.42 Å². The van der Waals surface area contributed by atoms with Gasteiger partial charge in [-0.1, -0.05) is 132 Å². The summed E-state index contributed by atoms with van der Waals surface area (Å²) in [5.41, 5.74) is 0. The molecular weight excluding hydrogens is 374 g/mol. The van der Waals surface area contributed by atoms with Crippen molar-refractivity contribution in [2.75, 3.05) is 11.9 Å². The second-order valence-electron chi connectivity index (χ2n) is 7.49. The number of hydrogen-bond acceptors (Lipinski definition) is 1. The molecule has 0 radical (unpaired) electrons. The zero-order valence-electron chi connectivity index (χ0n) is 16.9. The molecule has 1 amide bonds. The van der Waals surface area contributed by atoms with Gasteiger partial charge >= 0.3 is 0 Å². The van der Waals surface area contributed by atoms with E-state index >= 15 is 0 Å². The number of rotatable bonds is 20. The minimum absolute atomic E-state index is 0.104. The van der Waals surface area contributed by atoms with Crippen LogP contribution in [0.3, 0.4) is 0 Å². The van der Waals surface area contributed by atoms with Crippen molar-refractivity contribution in [1.82, 2.24) is 5.32 Å². The highest BCUT2D eigenvalue weighted by molar-refractivity contribution is 9.09. The molecule has 0 aliphatic heterocycles. The molecule has 0 atom stereocenters. The molecule has 0 aliphatic carbocycles. The zero-order valence-corrected chi connectivity index (χ0v) is 18.5. The van der Waals surface area contributed by atoms with Crippen molar-refractivity contribution in [1.29, 1.82) is 0 Å². The van der Waals surface area contributed by atoms with Gasteiger partial charge in [0.05, 0.1) is 5.33 Å². The highest BCUT2D eigenvalue weighted by atomic mass is 79.9. The van der Waals surface area contributed by atoms with E-state index in [-0.39, 0.29) is 5.91 Å². The Morgan fingerprint density at radius 2 is 0.920 bits per heavy atom. The molecule has 0 aromatic heterocycles. The Kier molecular flexibility index (Phi) is 21.9. The Hall–Kier alpha value is -0.0500. The van der Waals surface area contributed by atoms with E-state index in [2.05, 4.69) is 28.2 Å². The van der Waals surface area contributed by atoms with Gasteiger partial charge in [-0.15, -0.1) is 0 Å². The Morgan fingerprint density at radius 3 is 1.24 bits per heavy atom. The molecule has 0 saturated carbocycles. The number of nitrogens with one attached hydrogen (secondary N) is 1. The van der Waals surface area contributed by atoms with Crippen LogP contribution in [0.5, 0.6) is 0 Å². The molecule has 0 unspecified atom stereocenters. The Bertz CT molecular complexity index is 271. The lowest BCUT2D eigenvalue weighted by Gasteiger charge is -2.04. The standard InChI is InChI=1S/C22H44BrNO/c1-2-3-4-5-6-7-8-9-10-11-12-13-14-15-16-17-18-19-20-24-22(25)21-23/h2-21H2,1H3,(H,24,25). The molecule has 0 heterocycles. The third-order valence-electron chi connectivity index (χ3n) is 4.97. The summed E-state index contributed by atoms with van der Waals surface area (Å²) in [6.45, 7) is 3.12. The van der Waals surface area contributed by atoms with E-state index < -0.39 is 0 Å². The van der Waals surface area contributed by atoms with Crippen molar-refractivity contribution in [3.05, 3.63) is 0 Å². The van der Waals surface area contributed by atoms with Crippen LogP contribution in [0.15, 0.2) is 0 Å². The smallest absolute Gasteiger partial charge is 0.230 e. The highest BCUT2D eigenvalue weighted by Crippen LogP contribution is 2.14. The van der Waals surface area contributed by atoms with Crippen molar-refractivity contribution in [3.8, 4) is 0 Å². The van der Waals surface area contributed by atoms with Gasteiger partial charge in [0.15, 0.2) is 0 Å². The maximum atomic E-state index is 11.0. The summed E-state index contributed by atoms with van der Waals surface area (Å²) >= 11 is 3.16. The van der Waals surface area contributed by atoms with E-state index in [4.69, 9.17) is 0 Å². The lowest BCUT2D eigenvalue weighted by atomic mass is 10.0. The Morgan fingerprint density at radius 1 is 0.600 bits per heavy atom. The SMILES string of the molecule is CCCCCCCCCCCCCCCCCCCCNC(=O)CBr. The van der Waals surface area contributed by atoms with Crippen molar-refractivity contribution in [3.63, 3.8) is 0 Å². The molecular formula is C22H44BrNO. The number of amides is 1. The van der Waals surface area contributed by atoms with E-state index in [1.807, 2.05) is 0 Å². The van der Waals surface area contributed by atoms with Crippen molar-refractivity contribution < 1.29 is 4.79 Å². The predicted molar refractivity (Wildman–Crippen MR) is 116 cm³/mol. The van der Waals surface area contributed by atoms with E-state index in [9.17, 15) is 4.79 Å².